The fourth-order valence-corrected chi connectivity index (χ4v) is 2.89. The molecule has 0 radical (unpaired) electrons. The second kappa shape index (κ2) is 6.89. The number of nitrogens with one attached hydrogen (secondary N) is 2. The van der Waals surface area contributed by atoms with E-state index in [1.807, 2.05) is 12.1 Å². The van der Waals surface area contributed by atoms with Gasteiger partial charge in [-0.1, -0.05) is 12.1 Å². The summed E-state index contributed by atoms with van der Waals surface area (Å²) in [5.41, 5.74) is 1.10. The third-order valence-corrected chi connectivity index (χ3v) is 4.67. The number of rotatable bonds is 8. The molecule has 4 nitrogen and oxygen atoms in total. The zero-order chi connectivity index (χ0) is 14.4. The Hall–Kier alpha value is -1.35. The molecule has 0 atom stereocenters. The van der Waals surface area contributed by atoms with Crippen molar-refractivity contribution in [3.63, 3.8) is 0 Å². The van der Waals surface area contributed by atoms with Gasteiger partial charge in [0.05, 0.1) is 4.90 Å². The average Bonchev–Trinajstić information content (AvgIpc) is 3.26. The van der Waals surface area contributed by atoms with Crippen LogP contribution in [0.2, 0.25) is 0 Å². The maximum absolute atomic E-state index is 12.0. The summed E-state index contributed by atoms with van der Waals surface area (Å²) in [6.45, 7) is 1.16. The molecule has 1 aromatic carbocycles. The lowest BCUT2D eigenvalue weighted by atomic mass is 10.2. The minimum absolute atomic E-state index is 0.299. The largest absolute Gasteiger partial charge is 0.310 e. The van der Waals surface area contributed by atoms with E-state index >= 15 is 0 Å². The second-order valence-electron chi connectivity index (χ2n) is 5.00. The third-order valence-electron chi connectivity index (χ3n) is 3.20. The van der Waals surface area contributed by atoms with E-state index in [2.05, 4.69) is 16.0 Å². The van der Waals surface area contributed by atoms with Crippen molar-refractivity contribution < 1.29 is 8.42 Å². The molecule has 2 N–H and O–H groups in total. The van der Waals surface area contributed by atoms with Gasteiger partial charge in [0.1, 0.15) is 0 Å². The van der Waals surface area contributed by atoms with E-state index < -0.39 is 10.0 Å². The molecule has 1 aliphatic carbocycles. The summed E-state index contributed by atoms with van der Waals surface area (Å²) in [6, 6.07) is 7.65. The lowest BCUT2D eigenvalue weighted by Crippen LogP contribution is -2.24. The minimum atomic E-state index is -3.42. The monoisotopic (exact) mass is 292 g/mol. The van der Waals surface area contributed by atoms with Crippen LogP contribution in [0.25, 0.3) is 0 Å². The molecule has 1 aromatic rings. The van der Waals surface area contributed by atoms with Gasteiger partial charge in [0, 0.05) is 25.6 Å². The number of hydrogen-bond acceptors (Lipinski definition) is 3. The lowest BCUT2D eigenvalue weighted by molar-refractivity contribution is 0.579. The molecule has 1 fully saturated rings. The van der Waals surface area contributed by atoms with E-state index in [4.69, 9.17) is 6.42 Å². The molecule has 20 heavy (non-hydrogen) atoms. The van der Waals surface area contributed by atoms with Gasteiger partial charge in [-0.3, -0.25) is 0 Å². The summed E-state index contributed by atoms with van der Waals surface area (Å²) in [5, 5.41) is 3.40. The first-order chi connectivity index (χ1) is 9.62. The highest BCUT2D eigenvalue weighted by Crippen LogP contribution is 2.19. The van der Waals surface area contributed by atoms with Gasteiger partial charge in [-0.15, -0.1) is 12.3 Å². The van der Waals surface area contributed by atoms with Crippen molar-refractivity contribution in [3.05, 3.63) is 29.8 Å². The topological polar surface area (TPSA) is 58.2 Å². The summed E-state index contributed by atoms with van der Waals surface area (Å²) < 4.78 is 26.6. The van der Waals surface area contributed by atoms with Gasteiger partial charge in [0.15, 0.2) is 0 Å². The Labute approximate surface area is 121 Å². The molecule has 0 aliphatic heterocycles. The normalized spacial score (nSPS) is 14.9. The quantitative estimate of drug-likeness (QED) is 0.565. The first-order valence-electron chi connectivity index (χ1n) is 6.87. The predicted octanol–water partition coefficient (Wildman–Crippen LogP) is 1.63. The van der Waals surface area contributed by atoms with Crippen LogP contribution in [0.15, 0.2) is 29.2 Å². The van der Waals surface area contributed by atoms with Crippen LogP contribution in [0.3, 0.4) is 0 Å². The Morgan fingerprint density at radius 1 is 1.25 bits per heavy atom. The summed E-state index contributed by atoms with van der Waals surface area (Å²) in [5.74, 6) is 2.49. The summed E-state index contributed by atoms with van der Waals surface area (Å²) >= 11 is 0. The van der Waals surface area contributed by atoms with Gasteiger partial charge in [-0.2, -0.15) is 0 Å². The number of benzene rings is 1. The average molecular weight is 292 g/mol. The predicted molar refractivity (Wildman–Crippen MR) is 79.6 cm³/mol. The van der Waals surface area contributed by atoms with Gasteiger partial charge in [0.25, 0.3) is 0 Å². The van der Waals surface area contributed by atoms with Gasteiger partial charge in [-0.25, -0.2) is 13.1 Å². The standard InChI is InChI=1S/C15H20N2O2S/c1-2-3-4-11-17-20(18,19)15-9-5-13(6-10-15)12-16-14-7-8-14/h1,5-6,9-10,14,16-17H,3-4,7-8,11-12H2. The summed E-state index contributed by atoms with van der Waals surface area (Å²) in [6.07, 6.45) is 8.84. The first-order valence-corrected chi connectivity index (χ1v) is 8.35. The van der Waals surface area contributed by atoms with E-state index in [1.165, 1.54) is 12.8 Å². The van der Waals surface area contributed by atoms with Crippen molar-refractivity contribution in [1.82, 2.24) is 10.0 Å². The molecular formula is C15H20N2O2S. The maximum Gasteiger partial charge on any atom is 0.240 e. The molecule has 0 amide bonds. The first kappa shape index (κ1) is 15.0. The molecule has 1 saturated carbocycles. The molecule has 0 unspecified atom stereocenters. The van der Waals surface area contributed by atoms with Crippen LogP contribution in [0.4, 0.5) is 0 Å². The van der Waals surface area contributed by atoms with Crippen LogP contribution >= 0.6 is 0 Å². The van der Waals surface area contributed by atoms with Crippen LogP contribution in [-0.2, 0) is 16.6 Å². The number of terminal acetylenes is 1. The van der Waals surface area contributed by atoms with Crippen molar-refractivity contribution in [2.75, 3.05) is 6.54 Å². The molecule has 5 heteroatoms. The smallest absolute Gasteiger partial charge is 0.240 e. The Bertz CT molecular complexity index is 569. The highest BCUT2D eigenvalue weighted by molar-refractivity contribution is 7.89. The summed E-state index contributed by atoms with van der Waals surface area (Å²) in [7, 11) is -3.42. The highest BCUT2D eigenvalue weighted by Gasteiger charge is 2.20. The molecule has 0 saturated heterocycles. The molecular weight excluding hydrogens is 272 g/mol. The zero-order valence-corrected chi connectivity index (χ0v) is 12.2. The maximum atomic E-state index is 12.0. The van der Waals surface area contributed by atoms with E-state index in [-0.39, 0.29) is 0 Å². The van der Waals surface area contributed by atoms with E-state index in [0.29, 0.717) is 30.3 Å². The highest BCUT2D eigenvalue weighted by atomic mass is 32.2. The Morgan fingerprint density at radius 2 is 1.95 bits per heavy atom. The number of unbranched alkanes of at least 4 members (excludes halogenated alkanes) is 1. The van der Waals surface area contributed by atoms with Crippen LogP contribution in [0.5, 0.6) is 0 Å². The van der Waals surface area contributed by atoms with Crippen LogP contribution < -0.4 is 10.0 Å². The van der Waals surface area contributed by atoms with Crippen molar-refractivity contribution >= 4 is 10.0 Å². The molecule has 0 bridgehead atoms. The van der Waals surface area contributed by atoms with Gasteiger partial charge in [0.2, 0.25) is 10.0 Å². The van der Waals surface area contributed by atoms with Crippen molar-refractivity contribution in [2.24, 2.45) is 0 Å². The molecule has 108 valence electrons. The Balaban J connectivity index is 1.88. The Kier molecular flexibility index (Phi) is 5.18. The molecule has 2 rings (SSSR count). The number of sulfonamides is 1. The second-order valence-corrected chi connectivity index (χ2v) is 6.77. The minimum Gasteiger partial charge on any atom is -0.310 e. The SMILES string of the molecule is C#CCCCNS(=O)(=O)c1ccc(CNC2CC2)cc1. The van der Waals surface area contributed by atoms with E-state index in [9.17, 15) is 8.42 Å². The van der Waals surface area contributed by atoms with Gasteiger partial charge in [-0.05, 0) is 37.0 Å². The van der Waals surface area contributed by atoms with Crippen LogP contribution in [-0.4, -0.2) is 21.0 Å². The molecule has 0 spiro atoms. The molecule has 0 heterocycles. The van der Waals surface area contributed by atoms with Crippen molar-refractivity contribution in [1.29, 1.82) is 0 Å². The molecule has 0 aromatic heterocycles. The van der Waals surface area contributed by atoms with Gasteiger partial charge < -0.3 is 5.32 Å². The molecule has 1 aliphatic rings. The van der Waals surface area contributed by atoms with Crippen LogP contribution in [0, 0.1) is 12.3 Å². The Morgan fingerprint density at radius 3 is 2.55 bits per heavy atom. The van der Waals surface area contributed by atoms with Gasteiger partial charge >= 0.3 is 0 Å². The fourth-order valence-electron chi connectivity index (χ4n) is 1.82. The lowest BCUT2D eigenvalue weighted by Gasteiger charge is -2.07. The van der Waals surface area contributed by atoms with Crippen LogP contribution in [0.1, 0.15) is 31.2 Å². The number of hydrogen-bond donors (Lipinski definition) is 2. The van der Waals surface area contributed by atoms with Crippen molar-refractivity contribution in [2.45, 2.75) is 43.2 Å². The van der Waals surface area contributed by atoms with E-state index in [1.54, 1.807) is 12.1 Å². The zero-order valence-electron chi connectivity index (χ0n) is 11.4. The summed E-state index contributed by atoms with van der Waals surface area (Å²) in [4.78, 5) is 0.299. The van der Waals surface area contributed by atoms with Crippen molar-refractivity contribution in [3.8, 4) is 12.3 Å². The third kappa shape index (κ3) is 4.64. The van der Waals surface area contributed by atoms with E-state index in [0.717, 1.165) is 12.1 Å². The fraction of sp³-hybridized carbons (Fsp3) is 0.467.